The van der Waals surface area contributed by atoms with Gasteiger partial charge in [-0.05, 0) is 57.2 Å². The lowest BCUT2D eigenvalue weighted by Gasteiger charge is -2.20. The van der Waals surface area contributed by atoms with Crippen molar-refractivity contribution in [3.05, 3.63) is 58.6 Å². The number of nitro benzene ring substituents is 1. The first-order valence-electron chi connectivity index (χ1n) is 9.38. The highest BCUT2D eigenvalue weighted by Gasteiger charge is 2.22. The molecule has 0 aliphatic rings. The summed E-state index contributed by atoms with van der Waals surface area (Å²) in [7, 11) is -7.64. The number of amides is 1. The van der Waals surface area contributed by atoms with Crippen molar-refractivity contribution in [1.29, 1.82) is 0 Å². The summed E-state index contributed by atoms with van der Waals surface area (Å²) in [6.45, 7) is 4.95. The molecule has 2 rings (SSSR count). The van der Waals surface area contributed by atoms with Crippen LogP contribution in [0.4, 0.5) is 11.4 Å². The number of sulfonamides is 2. The number of nitrogens with zero attached hydrogens (tertiary/aromatic N) is 1. The van der Waals surface area contributed by atoms with Crippen LogP contribution in [0.2, 0.25) is 0 Å². The number of non-ortho nitro benzene ring substituents is 1. The van der Waals surface area contributed by atoms with Gasteiger partial charge in [0, 0.05) is 36.3 Å². The average Bonchev–Trinajstić information content (AvgIpc) is 2.66. The van der Waals surface area contributed by atoms with Gasteiger partial charge in [0.2, 0.25) is 26.0 Å². The Kier molecular flexibility index (Phi) is 7.72. The van der Waals surface area contributed by atoms with Gasteiger partial charge in [0.25, 0.3) is 5.69 Å². The molecule has 0 aliphatic heterocycles. The number of nitro groups is 1. The summed E-state index contributed by atoms with van der Waals surface area (Å²) in [5, 5.41) is 13.2. The van der Waals surface area contributed by atoms with E-state index in [2.05, 4.69) is 14.8 Å². The number of hydrogen-bond acceptors (Lipinski definition) is 7. The zero-order valence-corrected chi connectivity index (χ0v) is 19.3. The van der Waals surface area contributed by atoms with Gasteiger partial charge in [0.1, 0.15) is 0 Å². The van der Waals surface area contributed by atoms with E-state index < -0.39 is 36.4 Å². The minimum Gasteiger partial charge on any atom is -0.326 e. The van der Waals surface area contributed by atoms with Crippen LogP contribution in [0.1, 0.15) is 27.2 Å². The number of nitrogens with one attached hydrogen (secondary N) is 3. The fraction of sp³-hybridized carbons (Fsp3) is 0.316. The lowest BCUT2D eigenvalue weighted by Crippen LogP contribution is -2.40. The van der Waals surface area contributed by atoms with Crippen LogP contribution in [0, 0.1) is 10.1 Å². The van der Waals surface area contributed by atoms with Gasteiger partial charge < -0.3 is 5.32 Å². The number of hydrogen-bond donors (Lipinski definition) is 3. The molecular weight excluding hydrogens is 460 g/mol. The smallest absolute Gasteiger partial charge is 0.269 e. The van der Waals surface area contributed by atoms with Crippen LogP contribution in [0.25, 0.3) is 0 Å². The van der Waals surface area contributed by atoms with Gasteiger partial charge in [-0.25, -0.2) is 26.3 Å². The van der Waals surface area contributed by atoms with Crippen molar-refractivity contribution in [2.45, 2.75) is 42.5 Å². The van der Waals surface area contributed by atoms with Crippen molar-refractivity contribution < 1.29 is 26.6 Å². The highest BCUT2D eigenvalue weighted by molar-refractivity contribution is 7.89. The van der Waals surface area contributed by atoms with Crippen molar-refractivity contribution in [3.63, 3.8) is 0 Å². The Morgan fingerprint density at radius 3 is 1.91 bits per heavy atom. The van der Waals surface area contributed by atoms with E-state index in [0.717, 1.165) is 24.3 Å². The molecule has 0 radical (unpaired) electrons. The summed E-state index contributed by atoms with van der Waals surface area (Å²) in [6.07, 6.45) is -0.183. The number of benzene rings is 2. The molecule has 1 amide bonds. The molecule has 0 unspecified atom stereocenters. The standard InChI is InChI=1S/C19H24N4O7S2/c1-19(2,3)22-32(29,30)17-8-4-14(5-9-17)21-18(24)12-13-20-31(27,28)16-10-6-15(7-11-16)23(25)26/h4-11,20,22H,12-13H2,1-3H3,(H,21,24). The number of anilines is 1. The molecule has 0 saturated heterocycles. The number of carbonyl (C=O) groups excluding carboxylic acids is 1. The molecule has 0 bridgehead atoms. The summed E-state index contributed by atoms with van der Waals surface area (Å²) in [5.41, 5.74) is -0.535. The topological polar surface area (TPSA) is 165 Å². The lowest BCUT2D eigenvalue weighted by molar-refractivity contribution is -0.384. The van der Waals surface area contributed by atoms with E-state index in [-0.39, 0.29) is 28.4 Å². The maximum Gasteiger partial charge on any atom is 0.269 e. The van der Waals surface area contributed by atoms with Crippen molar-refractivity contribution in [3.8, 4) is 0 Å². The Morgan fingerprint density at radius 1 is 0.906 bits per heavy atom. The van der Waals surface area contributed by atoms with Crippen LogP contribution in [0.5, 0.6) is 0 Å². The molecule has 0 aliphatic carbocycles. The minimum absolute atomic E-state index is 0.0429. The van der Waals surface area contributed by atoms with Gasteiger partial charge in [-0.2, -0.15) is 0 Å². The number of rotatable bonds is 9. The first-order chi connectivity index (χ1) is 14.7. The molecule has 0 aromatic heterocycles. The molecule has 0 spiro atoms. The normalized spacial score (nSPS) is 12.3. The quantitative estimate of drug-likeness (QED) is 0.361. The molecule has 2 aromatic carbocycles. The van der Waals surface area contributed by atoms with Gasteiger partial charge in [-0.3, -0.25) is 14.9 Å². The molecule has 0 fully saturated rings. The molecule has 13 heteroatoms. The third kappa shape index (κ3) is 7.37. The molecule has 0 saturated carbocycles. The van der Waals surface area contributed by atoms with E-state index >= 15 is 0 Å². The predicted molar refractivity (Wildman–Crippen MR) is 118 cm³/mol. The van der Waals surface area contributed by atoms with E-state index in [4.69, 9.17) is 0 Å². The molecule has 0 atom stereocenters. The van der Waals surface area contributed by atoms with Crippen LogP contribution >= 0.6 is 0 Å². The van der Waals surface area contributed by atoms with Crippen molar-refractivity contribution in [2.24, 2.45) is 0 Å². The van der Waals surface area contributed by atoms with E-state index in [1.165, 1.54) is 24.3 Å². The molecule has 2 aromatic rings. The number of carbonyl (C=O) groups is 1. The summed E-state index contributed by atoms with van der Waals surface area (Å²) in [6, 6.07) is 9.90. The van der Waals surface area contributed by atoms with E-state index in [9.17, 15) is 31.7 Å². The highest BCUT2D eigenvalue weighted by atomic mass is 32.2. The Labute approximate surface area is 186 Å². The maximum absolute atomic E-state index is 12.3. The maximum atomic E-state index is 12.3. The predicted octanol–water partition coefficient (Wildman–Crippen LogP) is 1.98. The molecule has 11 nitrogen and oxygen atoms in total. The zero-order valence-electron chi connectivity index (χ0n) is 17.7. The second-order valence-corrected chi connectivity index (χ2v) is 11.3. The van der Waals surface area contributed by atoms with E-state index in [1.54, 1.807) is 20.8 Å². The van der Waals surface area contributed by atoms with E-state index in [1.807, 2.05) is 0 Å². The third-order valence-electron chi connectivity index (χ3n) is 3.89. The molecule has 32 heavy (non-hydrogen) atoms. The SMILES string of the molecule is CC(C)(C)NS(=O)(=O)c1ccc(NC(=O)CCNS(=O)(=O)c2ccc([N+](=O)[O-])cc2)cc1. The molecule has 0 heterocycles. The largest absolute Gasteiger partial charge is 0.326 e. The van der Waals surface area contributed by atoms with Crippen LogP contribution in [0.15, 0.2) is 58.3 Å². The van der Waals surface area contributed by atoms with Crippen molar-refractivity contribution >= 4 is 37.3 Å². The Bertz CT molecular complexity index is 1190. The molecule has 174 valence electrons. The highest BCUT2D eigenvalue weighted by Crippen LogP contribution is 2.17. The first-order valence-corrected chi connectivity index (χ1v) is 12.3. The average molecular weight is 485 g/mol. The van der Waals surface area contributed by atoms with Gasteiger partial charge in [0.15, 0.2) is 0 Å². The van der Waals surface area contributed by atoms with E-state index in [0.29, 0.717) is 5.69 Å². The monoisotopic (exact) mass is 484 g/mol. The summed E-state index contributed by atoms with van der Waals surface area (Å²) >= 11 is 0. The summed E-state index contributed by atoms with van der Waals surface area (Å²) in [4.78, 5) is 22.0. The lowest BCUT2D eigenvalue weighted by atomic mass is 10.1. The van der Waals surface area contributed by atoms with Crippen LogP contribution < -0.4 is 14.8 Å². The van der Waals surface area contributed by atoms with Gasteiger partial charge in [-0.15, -0.1) is 0 Å². The Hall–Kier alpha value is -2.87. The first kappa shape index (κ1) is 25.4. The van der Waals surface area contributed by atoms with Crippen LogP contribution in [0.3, 0.4) is 0 Å². The van der Waals surface area contributed by atoms with Gasteiger partial charge >= 0.3 is 0 Å². The summed E-state index contributed by atoms with van der Waals surface area (Å²) in [5.74, 6) is -0.486. The fourth-order valence-electron chi connectivity index (χ4n) is 2.53. The van der Waals surface area contributed by atoms with Gasteiger partial charge in [0.05, 0.1) is 14.7 Å². The zero-order chi connectivity index (χ0) is 24.2. The Balaban J connectivity index is 1.91. The third-order valence-corrected chi connectivity index (χ3v) is 7.14. The minimum atomic E-state index is -3.93. The Morgan fingerprint density at radius 2 is 1.41 bits per heavy atom. The second-order valence-electron chi connectivity index (χ2n) is 7.83. The van der Waals surface area contributed by atoms with Crippen LogP contribution in [-0.2, 0) is 24.8 Å². The van der Waals surface area contributed by atoms with Gasteiger partial charge in [-0.1, -0.05) is 0 Å². The fourth-order valence-corrected chi connectivity index (χ4v) is 4.98. The molecular formula is C19H24N4O7S2. The second kappa shape index (κ2) is 9.73. The van der Waals surface area contributed by atoms with Crippen molar-refractivity contribution in [2.75, 3.05) is 11.9 Å². The van der Waals surface area contributed by atoms with Crippen LogP contribution in [-0.4, -0.2) is 39.7 Å². The van der Waals surface area contributed by atoms with Crippen molar-refractivity contribution in [1.82, 2.24) is 9.44 Å². The summed E-state index contributed by atoms with van der Waals surface area (Å²) < 4.78 is 53.8. The molecule has 3 N–H and O–H groups in total.